The maximum Gasteiger partial charge on any atom is 0.117 e. The Morgan fingerprint density at radius 1 is 1.53 bits per heavy atom. The molecule has 1 aromatic heterocycles. The molecule has 1 aromatic rings. The van der Waals surface area contributed by atoms with Gasteiger partial charge in [-0.2, -0.15) is 0 Å². The zero-order chi connectivity index (χ0) is 10.7. The Morgan fingerprint density at radius 2 is 2.40 bits per heavy atom. The number of hydrogen-bond donors (Lipinski definition) is 1. The second kappa shape index (κ2) is 4.81. The molecule has 0 aliphatic carbocycles. The number of nitrogens with zero attached hydrogens (tertiary/aromatic N) is 1. The highest BCUT2D eigenvalue weighted by molar-refractivity contribution is 5.05. The van der Waals surface area contributed by atoms with Crippen molar-refractivity contribution < 1.29 is 4.42 Å². The molecule has 0 bridgehead atoms. The van der Waals surface area contributed by atoms with E-state index in [0.717, 1.165) is 24.6 Å². The van der Waals surface area contributed by atoms with Crippen molar-refractivity contribution in [2.24, 2.45) is 0 Å². The predicted octanol–water partition coefficient (Wildman–Crippen LogP) is 1.77. The van der Waals surface area contributed by atoms with Crippen molar-refractivity contribution in [3.05, 3.63) is 23.7 Å². The third kappa shape index (κ3) is 2.83. The van der Waals surface area contributed by atoms with E-state index in [1.807, 2.05) is 19.1 Å². The summed E-state index contributed by atoms with van der Waals surface area (Å²) in [6.07, 6.45) is 2.66. The molecule has 0 radical (unpaired) electrons. The van der Waals surface area contributed by atoms with Gasteiger partial charge in [0.05, 0.1) is 6.54 Å². The third-order valence-electron chi connectivity index (χ3n) is 3.15. The number of hydrogen-bond acceptors (Lipinski definition) is 3. The van der Waals surface area contributed by atoms with Crippen LogP contribution in [0.2, 0.25) is 0 Å². The molecule has 0 amide bonds. The monoisotopic (exact) mass is 208 g/mol. The molecule has 3 heteroatoms. The summed E-state index contributed by atoms with van der Waals surface area (Å²) in [6, 6.07) is 4.76. The van der Waals surface area contributed by atoms with Gasteiger partial charge in [-0.25, -0.2) is 0 Å². The van der Waals surface area contributed by atoms with Crippen molar-refractivity contribution in [3.63, 3.8) is 0 Å². The minimum absolute atomic E-state index is 0.709. The summed E-state index contributed by atoms with van der Waals surface area (Å²) in [5, 5.41) is 3.45. The van der Waals surface area contributed by atoms with E-state index in [0.29, 0.717) is 6.04 Å². The summed E-state index contributed by atoms with van der Waals surface area (Å²) < 4.78 is 5.50. The number of rotatable bonds is 4. The van der Waals surface area contributed by atoms with Crippen LogP contribution < -0.4 is 5.32 Å². The molecule has 15 heavy (non-hydrogen) atoms. The Balaban J connectivity index is 1.70. The SMILES string of the molecule is Cc1ccc(CNCC2CCCN2C)o1. The van der Waals surface area contributed by atoms with Gasteiger partial charge in [0.1, 0.15) is 11.5 Å². The quantitative estimate of drug-likeness (QED) is 0.817. The summed E-state index contributed by atoms with van der Waals surface area (Å²) in [4.78, 5) is 2.43. The fourth-order valence-corrected chi connectivity index (χ4v) is 2.18. The third-order valence-corrected chi connectivity index (χ3v) is 3.15. The van der Waals surface area contributed by atoms with Crippen LogP contribution in [0.3, 0.4) is 0 Å². The standard InChI is InChI=1S/C12H20N2O/c1-10-5-6-12(15-10)9-13-8-11-4-3-7-14(11)2/h5-6,11,13H,3-4,7-9H2,1-2H3. The van der Waals surface area contributed by atoms with Crippen LogP contribution in [0.25, 0.3) is 0 Å². The fraction of sp³-hybridized carbons (Fsp3) is 0.667. The van der Waals surface area contributed by atoms with Gasteiger partial charge in [0.2, 0.25) is 0 Å². The second-order valence-electron chi connectivity index (χ2n) is 4.42. The minimum atomic E-state index is 0.709. The van der Waals surface area contributed by atoms with Crippen LogP contribution in [0.4, 0.5) is 0 Å². The smallest absolute Gasteiger partial charge is 0.117 e. The Morgan fingerprint density at radius 3 is 3.00 bits per heavy atom. The molecule has 1 aliphatic heterocycles. The Hall–Kier alpha value is -0.800. The molecular weight excluding hydrogens is 188 g/mol. The number of likely N-dealkylation sites (tertiary alicyclic amines) is 1. The lowest BCUT2D eigenvalue weighted by molar-refractivity contribution is 0.297. The van der Waals surface area contributed by atoms with Gasteiger partial charge in [0.25, 0.3) is 0 Å². The van der Waals surface area contributed by atoms with Gasteiger partial charge in [-0.15, -0.1) is 0 Å². The Labute approximate surface area is 91.4 Å². The van der Waals surface area contributed by atoms with Crippen LogP contribution in [0.5, 0.6) is 0 Å². The highest BCUT2D eigenvalue weighted by Gasteiger charge is 2.19. The molecule has 0 saturated carbocycles. The molecule has 1 unspecified atom stereocenters. The number of aryl methyl sites for hydroxylation is 1. The maximum absolute atomic E-state index is 5.50. The lowest BCUT2D eigenvalue weighted by Crippen LogP contribution is -2.35. The maximum atomic E-state index is 5.50. The van der Waals surface area contributed by atoms with Crippen LogP contribution >= 0.6 is 0 Å². The summed E-state index contributed by atoms with van der Waals surface area (Å²) in [6.45, 7) is 5.13. The van der Waals surface area contributed by atoms with E-state index in [1.165, 1.54) is 19.4 Å². The zero-order valence-electron chi connectivity index (χ0n) is 9.62. The van der Waals surface area contributed by atoms with E-state index in [-0.39, 0.29) is 0 Å². The van der Waals surface area contributed by atoms with Crippen molar-refractivity contribution in [2.45, 2.75) is 32.4 Å². The van der Waals surface area contributed by atoms with E-state index in [9.17, 15) is 0 Å². The first-order valence-electron chi connectivity index (χ1n) is 5.72. The zero-order valence-corrected chi connectivity index (χ0v) is 9.62. The lowest BCUT2D eigenvalue weighted by atomic mass is 10.2. The number of nitrogens with one attached hydrogen (secondary N) is 1. The average Bonchev–Trinajstić information content (AvgIpc) is 2.77. The molecule has 0 spiro atoms. The van der Waals surface area contributed by atoms with E-state index in [4.69, 9.17) is 4.42 Å². The molecule has 3 nitrogen and oxygen atoms in total. The first kappa shape index (κ1) is 10.7. The predicted molar refractivity (Wildman–Crippen MR) is 60.8 cm³/mol. The van der Waals surface area contributed by atoms with Crippen LogP contribution in [0.15, 0.2) is 16.5 Å². The van der Waals surface area contributed by atoms with Gasteiger partial charge in [-0.3, -0.25) is 0 Å². The van der Waals surface area contributed by atoms with Gasteiger partial charge in [-0.05, 0) is 45.5 Å². The van der Waals surface area contributed by atoms with E-state index in [1.54, 1.807) is 0 Å². The molecule has 84 valence electrons. The molecular formula is C12H20N2O. The normalized spacial score (nSPS) is 22.4. The van der Waals surface area contributed by atoms with Crippen molar-refractivity contribution in [1.29, 1.82) is 0 Å². The molecule has 0 aromatic carbocycles. The minimum Gasteiger partial charge on any atom is -0.465 e. The lowest BCUT2D eigenvalue weighted by Gasteiger charge is -2.19. The molecule has 1 N–H and O–H groups in total. The van der Waals surface area contributed by atoms with Crippen molar-refractivity contribution in [2.75, 3.05) is 20.1 Å². The largest absolute Gasteiger partial charge is 0.465 e. The first-order chi connectivity index (χ1) is 7.25. The average molecular weight is 208 g/mol. The topological polar surface area (TPSA) is 28.4 Å². The van der Waals surface area contributed by atoms with E-state index >= 15 is 0 Å². The van der Waals surface area contributed by atoms with Crippen molar-refractivity contribution >= 4 is 0 Å². The first-order valence-corrected chi connectivity index (χ1v) is 5.72. The second-order valence-corrected chi connectivity index (χ2v) is 4.42. The van der Waals surface area contributed by atoms with Crippen LogP contribution in [0, 0.1) is 6.92 Å². The van der Waals surface area contributed by atoms with Crippen LogP contribution in [-0.2, 0) is 6.54 Å². The Bertz CT molecular complexity index is 308. The summed E-state index contributed by atoms with van der Waals surface area (Å²) in [5.41, 5.74) is 0. The van der Waals surface area contributed by atoms with Gasteiger partial charge < -0.3 is 14.6 Å². The molecule has 2 rings (SSSR count). The molecule has 2 heterocycles. The summed E-state index contributed by atoms with van der Waals surface area (Å²) in [5.74, 6) is 2.03. The van der Waals surface area contributed by atoms with Crippen LogP contribution in [0.1, 0.15) is 24.4 Å². The number of likely N-dealkylation sites (N-methyl/N-ethyl adjacent to an activating group) is 1. The van der Waals surface area contributed by atoms with Gasteiger partial charge in [0.15, 0.2) is 0 Å². The van der Waals surface area contributed by atoms with Gasteiger partial charge in [-0.1, -0.05) is 0 Å². The fourth-order valence-electron chi connectivity index (χ4n) is 2.18. The molecule has 1 fully saturated rings. The van der Waals surface area contributed by atoms with Crippen molar-refractivity contribution in [1.82, 2.24) is 10.2 Å². The molecule has 1 saturated heterocycles. The highest BCUT2D eigenvalue weighted by atomic mass is 16.3. The summed E-state index contributed by atoms with van der Waals surface area (Å²) >= 11 is 0. The molecule has 1 aliphatic rings. The number of furan rings is 1. The van der Waals surface area contributed by atoms with Gasteiger partial charge in [0, 0.05) is 12.6 Å². The van der Waals surface area contributed by atoms with Crippen LogP contribution in [-0.4, -0.2) is 31.1 Å². The van der Waals surface area contributed by atoms with Gasteiger partial charge >= 0.3 is 0 Å². The molecule has 1 atom stereocenters. The van der Waals surface area contributed by atoms with Crippen molar-refractivity contribution in [3.8, 4) is 0 Å². The Kier molecular flexibility index (Phi) is 3.44. The van der Waals surface area contributed by atoms with E-state index < -0.39 is 0 Å². The highest BCUT2D eigenvalue weighted by Crippen LogP contribution is 2.13. The summed E-state index contributed by atoms with van der Waals surface area (Å²) in [7, 11) is 2.20. The van der Waals surface area contributed by atoms with E-state index in [2.05, 4.69) is 17.3 Å².